The minimum atomic E-state index is 0.0400. The first-order valence-electron chi connectivity index (χ1n) is 5.07. The van der Waals surface area contributed by atoms with E-state index in [1.165, 1.54) is 0 Å². The molecule has 0 radical (unpaired) electrons. The van der Waals surface area contributed by atoms with Crippen molar-refractivity contribution in [3.05, 3.63) is 33.8 Å². The van der Waals surface area contributed by atoms with E-state index in [4.69, 9.17) is 0 Å². The van der Waals surface area contributed by atoms with E-state index in [9.17, 15) is 4.79 Å². The Hall–Kier alpha value is -0.350. The molecule has 4 heteroatoms. The molecule has 0 saturated heterocycles. The Balaban J connectivity index is 2.88. The summed E-state index contributed by atoms with van der Waals surface area (Å²) in [4.78, 5) is 14.1. The molecule has 0 fully saturated rings. The maximum atomic E-state index is 12.1. The number of halogens is 2. The predicted molar refractivity (Wildman–Crippen MR) is 74.2 cm³/mol. The molecular formula is C12H15Br2NO. The van der Waals surface area contributed by atoms with E-state index in [2.05, 4.69) is 31.9 Å². The van der Waals surface area contributed by atoms with Crippen molar-refractivity contribution in [3.8, 4) is 0 Å². The van der Waals surface area contributed by atoms with Gasteiger partial charge in [-0.3, -0.25) is 4.79 Å². The number of rotatable bonds is 3. The highest BCUT2D eigenvalue weighted by atomic mass is 79.9. The number of aryl methyl sites for hydroxylation is 1. The smallest absolute Gasteiger partial charge is 0.254 e. The largest absolute Gasteiger partial charge is 0.341 e. The van der Waals surface area contributed by atoms with Gasteiger partial charge in [-0.2, -0.15) is 0 Å². The summed E-state index contributed by atoms with van der Waals surface area (Å²) in [5.74, 6) is 0.0400. The van der Waals surface area contributed by atoms with Gasteiger partial charge in [0, 0.05) is 22.9 Å². The summed E-state index contributed by atoms with van der Waals surface area (Å²) in [6.45, 7) is 4.72. The van der Waals surface area contributed by atoms with Crippen LogP contribution in [0.1, 0.15) is 22.8 Å². The van der Waals surface area contributed by atoms with Crippen LogP contribution >= 0.6 is 31.9 Å². The fourth-order valence-electron chi connectivity index (χ4n) is 1.46. The summed E-state index contributed by atoms with van der Waals surface area (Å²) >= 11 is 6.86. The average molecular weight is 349 g/mol. The Morgan fingerprint density at radius 2 is 2.12 bits per heavy atom. The van der Waals surface area contributed by atoms with Crippen molar-refractivity contribution in [2.24, 2.45) is 0 Å². The van der Waals surface area contributed by atoms with E-state index < -0.39 is 0 Å². The van der Waals surface area contributed by atoms with E-state index in [1.54, 1.807) is 4.90 Å². The lowest BCUT2D eigenvalue weighted by atomic mass is 10.1. The molecule has 0 spiro atoms. The zero-order chi connectivity index (χ0) is 12.3. The quantitative estimate of drug-likeness (QED) is 0.764. The summed E-state index contributed by atoms with van der Waals surface area (Å²) in [5, 5.41) is 0. The minimum Gasteiger partial charge on any atom is -0.341 e. The molecule has 1 atom stereocenters. The third-order valence-corrected chi connectivity index (χ3v) is 3.17. The van der Waals surface area contributed by atoms with Gasteiger partial charge < -0.3 is 4.90 Å². The van der Waals surface area contributed by atoms with E-state index in [-0.39, 0.29) is 5.91 Å². The van der Waals surface area contributed by atoms with Gasteiger partial charge in [0.05, 0.1) is 5.56 Å². The normalized spacial score (nSPS) is 12.3. The summed E-state index contributed by atoms with van der Waals surface area (Å²) in [6.07, 6.45) is 0. The van der Waals surface area contributed by atoms with Gasteiger partial charge >= 0.3 is 0 Å². The standard InChI is InChI=1S/C12H15Br2NO/c1-8-4-5-10(11(14)6-8)12(16)15(3)7-9(2)13/h4-6,9H,7H2,1-3H3. The predicted octanol–water partition coefficient (Wildman–Crippen LogP) is 3.61. The lowest BCUT2D eigenvalue weighted by Crippen LogP contribution is -2.31. The molecule has 0 heterocycles. The van der Waals surface area contributed by atoms with E-state index in [0.717, 1.165) is 10.0 Å². The number of amides is 1. The average Bonchev–Trinajstić information content (AvgIpc) is 2.15. The van der Waals surface area contributed by atoms with Gasteiger partial charge in [0.15, 0.2) is 0 Å². The highest BCUT2D eigenvalue weighted by Gasteiger charge is 2.15. The molecule has 0 N–H and O–H groups in total. The Kier molecular flexibility index (Phi) is 4.99. The van der Waals surface area contributed by atoms with Crippen molar-refractivity contribution < 1.29 is 4.79 Å². The molecule has 0 aliphatic carbocycles. The Bertz CT molecular complexity index is 391. The maximum absolute atomic E-state index is 12.1. The first-order valence-corrected chi connectivity index (χ1v) is 6.78. The Morgan fingerprint density at radius 3 is 2.62 bits per heavy atom. The van der Waals surface area contributed by atoms with Crippen LogP contribution in [0.25, 0.3) is 0 Å². The monoisotopic (exact) mass is 347 g/mol. The van der Waals surface area contributed by atoms with Crippen molar-refractivity contribution in [3.63, 3.8) is 0 Å². The molecule has 0 bridgehead atoms. The second kappa shape index (κ2) is 5.82. The molecule has 0 saturated carbocycles. The number of benzene rings is 1. The lowest BCUT2D eigenvalue weighted by Gasteiger charge is -2.19. The highest BCUT2D eigenvalue weighted by Crippen LogP contribution is 2.20. The fourth-order valence-corrected chi connectivity index (χ4v) is 2.56. The lowest BCUT2D eigenvalue weighted by molar-refractivity contribution is 0.0796. The second-order valence-corrected chi connectivity index (χ2v) is 6.37. The van der Waals surface area contributed by atoms with Crippen molar-refractivity contribution in [1.29, 1.82) is 0 Å². The van der Waals surface area contributed by atoms with Crippen LogP contribution in [-0.4, -0.2) is 29.2 Å². The minimum absolute atomic E-state index is 0.0400. The molecule has 88 valence electrons. The number of carbonyl (C=O) groups excluding carboxylic acids is 1. The SMILES string of the molecule is Cc1ccc(C(=O)N(C)CC(C)Br)c(Br)c1. The third kappa shape index (κ3) is 3.59. The van der Waals surface area contributed by atoms with Crippen molar-refractivity contribution >= 4 is 37.8 Å². The van der Waals surface area contributed by atoms with Gasteiger partial charge in [-0.1, -0.05) is 28.9 Å². The molecule has 1 unspecified atom stereocenters. The van der Waals surface area contributed by atoms with Crippen LogP contribution in [0.2, 0.25) is 0 Å². The topological polar surface area (TPSA) is 20.3 Å². The van der Waals surface area contributed by atoms with E-state index in [1.807, 2.05) is 39.1 Å². The molecule has 1 amide bonds. The summed E-state index contributed by atoms with van der Waals surface area (Å²) < 4.78 is 0.853. The number of hydrogen-bond acceptors (Lipinski definition) is 1. The van der Waals surface area contributed by atoms with Crippen molar-refractivity contribution in [1.82, 2.24) is 4.90 Å². The van der Waals surface area contributed by atoms with Gasteiger partial charge in [0.1, 0.15) is 0 Å². The van der Waals surface area contributed by atoms with Gasteiger partial charge in [0.25, 0.3) is 5.91 Å². The zero-order valence-electron chi connectivity index (χ0n) is 9.63. The third-order valence-electron chi connectivity index (χ3n) is 2.23. The number of nitrogens with zero attached hydrogens (tertiary/aromatic N) is 1. The van der Waals surface area contributed by atoms with Crippen LogP contribution < -0.4 is 0 Å². The molecule has 0 aliphatic heterocycles. The first-order chi connectivity index (χ1) is 7.41. The first kappa shape index (κ1) is 13.7. The highest BCUT2D eigenvalue weighted by molar-refractivity contribution is 9.10. The summed E-state index contributed by atoms with van der Waals surface area (Å²) in [6, 6.07) is 5.76. The number of hydrogen-bond donors (Lipinski definition) is 0. The van der Waals surface area contributed by atoms with Crippen LogP contribution in [0.15, 0.2) is 22.7 Å². The second-order valence-electron chi connectivity index (χ2n) is 3.95. The van der Waals surface area contributed by atoms with Gasteiger partial charge in [-0.15, -0.1) is 0 Å². The van der Waals surface area contributed by atoms with Gasteiger partial charge in [0.2, 0.25) is 0 Å². The van der Waals surface area contributed by atoms with Gasteiger partial charge in [-0.25, -0.2) is 0 Å². The van der Waals surface area contributed by atoms with E-state index in [0.29, 0.717) is 16.9 Å². The number of carbonyl (C=O) groups is 1. The molecule has 2 nitrogen and oxygen atoms in total. The van der Waals surface area contributed by atoms with Crippen molar-refractivity contribution in [2.45, 2.75) is 18.7 Å². The molecule has 1 aromatic rings. The molecular weight excluding hydrogens is 334 g/mol. The van der Waals surface area contributed by atoms with E-state index >= 15 is 0 Å². The zero-order valence-corrected chi connectivity index (χ0v) is 12.8. The Morgan fingerprint density at radius 1 is 1.50 bits per heavy atom. The Labute approximate surface area is 113 Å². The fraction of sp³-hybridized carbons (Fsp3) is 0.417. The summed E-state index contributed by atoms with van der Waals surface area (Å²) in [7, 11) is 1.81. The molecule has 16 heavy (non-hydrogen) atoms. The van der Waals surface area contributed by atoms with Crippen LogP contribution in [0.5, 0.6) is 0 Å². The maximum Gasteiger partial charge on any atom is 0.254 e. The van der Waals surface area contributed by atoms with Crippen LogP contribution in [-0.2, 0) is 0 Å². The molecule has 0 aromatic heterocycles. The summed E-state index contributed by atoms with van der Waals surface area (Å²) in [5.41, 5.74) is 1.85. The van der Waals surface area contributed by atoms with Crippen LogP contribution in [0.4, 0.5) is 0 Å². The molecule has 1 rings (SSSR count). The van der Waals surface area contributed by atoms with Crippen molar-refractivity contribution in [2.75, 3.05) is 13.6 Å². The molecule has 1 aromatic carbocycles. The van der Waals surface area contributed by atoms with Crippen LogP contribution in [0, 0.1) is 6.92 Å². The van der Waals surface area contributed by atoms with Gasteiger partial charge in [-0.05, 0) is 40.5 Å². The number of alkyl halides is 1. The van der Waals surface area contributed by atoms with Crippen LogP contribution in [0.3, 0.4) is 0 Å². The molecule has 0 aliphatic rings.